The first-order valence-electron chi connectivity index (χ1n) is 5.85. The predicted molar refractivity (Wildman–Crippen MR) is 67.6 cm³/mol. The van der Waals surface area contributed by atoms with Crippen LogP contribution in [0.15, 0.2) is 23.1 Å². The number of piperazine rings is 1. The smallest absolute Gasteiger partial charge is 0.244 e. The Morgan fingerprint density at radius 1 is 1.35 bits per heavy atom. The van der Waals surface area contributed by atoms with Crippen molar-refractivity contribution in [3.05, 3.63) is 29.6 Å². The lowest BCUT2D eigenvalue weighted by molar-refractivity contribution is -0.136. The fourth-order valence-corrected chi connectivity index (χ4v) is 3.42. The van der Waals surface area contributed by atoms with Gasteiger partial charge in [0.15, 0.2) is 0 Å². The van der Waals surface area contributed by atoms with Gasteiger partial charge in [-0.1, -0.05) is 6.07 Å². The third-order valence-corrected chi connectivity index (χ3v) is 5.04. The Labute approximate surface area is 115 Å². The van der Waals surface area contributed by atoms with Gasteiger partial charge >= 0.3 is 0 Å². The van der Waals surface area contributed by atoms with Crippen molar-refractivity contribution in [1.29, 1.82) is 0 Å². The van der Waals surface area contributed by atoms with Gasteiger partial charge in [-0.15, -0.1) is 0 Å². The van der Waals surface area contributed by atoms with E-state index in [0.29, 0.717) is 5.56 Å². The van der Waals surface area contributed by atoms with Crippen molar-refractivity contribution in [2.75, 3.05) is 6.54 Å². The maximum absolute atomic E-state index is 13.5. The highest BCUT2D eigenvalue weighted by molar-refractivity contribution is 7.89. The minimum absolute atomic E-state index is 0.282. The summed E-state index contributed by atoms with van der Waals surface area (Å²) < 4.78 is 39.0. The summed E-state index contributed by atoms with van der Waals surface area (Å²) in [5.74, 6) is -2.06. The molecule has 1 aliphatic heterocycles. The van der Waals surface area contributed by atoms with Crippen LogP contribution in [0.4, 0.5) is 4.39 Å². The highest BCUT2D eigenvalue weighted by Gasteiger charge is 2.39. The van der Waals surface area contributed by atoms with E-state index in [4.69, 9.17) is 0 Å². The Morgan fingerprint density at radius 3 is 2.60 bits per heavy atom. The van der Waals surface area contributed by atoms with E-state index in [-0.39, 0.29) is 4.90 Å². The van der Waals surface area contributed by atoms with Gasteiger partial charge < -0.3 is 0 Å². The number of nitrogens with zero attached hydrogens (tertiary/aromatic N) is 1. The molecular weight excluding hydrogens is 287 g/mol. The molecule has 1 aliphatic rings. The number of sulfonamides is 1. The molecule has 2 rings (SSSR count). The van der Waals surface area contributed by atoms with Crippen LogP contribution in [0.2, 0.25) is 0 Å². The van der Waals surface area contributed by atoms with Crippen molar-refractivity contribution in [3.63, 3.8) is 0 Å². The first-order valence-corrected chi connectivity index (χ1v) is 7.29. The van der Waals surface area contributed by atoms with Gasteiger partial charge in [-0.3, -0.25) is 14.9 Å². The molecule has 1 N–H and O–H groups in total. The molecule has 0 aliphatic carbocycles. The first-order chi connectivity index (χ1) is 9.23. The summed E-state index contributed by atoms with van der Waals surface area (Å²) in [4.78, 5) is 22.5. The van der Waals surface area contributed by atoms with Gasteiger partial charge in [0, 0.05) is 0 Å². The van der Waals surface area contributed by atoms with Crippen LogP contribution >= 0.6 is 0 Å². The van der Waals surface area contributed by atoms with Gasteiger partial charge in [-0.05, 0) is 31.5 Å². The second-order valence-electron chi connectivity index (χ2n) is 4.55. The van der Waals surface area contributed by atoms with Gasteiger partial charge in [0.25, 0.3) is 0 Å². The molecule has 1 atom stereocenters. The first kappa shape index (κ1) is 14.6. The number of amides is 2. The average Bonchev–Trinajstić information content (AvgIpc) is 2.36. The van der Waals surface area contributed by atoms with E-state index in [2.05, 4.69) is 0 Å². The quantitative estimate of drug-likeness (QED) is 0.789. The molecule has 1 unspecified atom stereocenters. The summed E-state index contributed by atoms with van der Waals surface area (Å²) in [6.45, 7) is 2.40. The third-order valence-electron chi connectivity index (χ3n) is 3.12. The number of benzene rings is 1. The van der Waals surface area contributed by atoms with Crippen molar-refractivity contribution < 1.29 is 22.4 Å². The van der Waals surface area contributed by atoms with Crippen LogP contribution < -0.4 is 5.32 Å². The molecule has 1 saturated heterocycles. The summed E-state index contributed by atoms with van der Waals surface area (Å²) >= 11 is 0. The van der Waals surface area contributed by atoms with E-state index in [1.807, 2.05) is 5.32 Å². The standard InChI is InChI=1S/C12H13FN2O4S/c1-7-3-4-9(5-10(7)13)20(18,19)15-6-11(16)14-12(17)8(15)2/h3-5,8H,6H2,1-2H3,(H,14,16,17). The summed E-state index contributed by atoms with van der Waals surface area (Å²) in [7, 11) is -4.10. The summed E-state index contributed by atoms with van der Waals surface area (Å²) in [6.07, 6.45) is 0. The van der Waals surface area contributed by atoms with Crippen molar-refractivity contribution in [3.8, 4) is 0 Å². The van der Waals surface area contributed by atoms with E-state index in [0.717, 1.165) is 10.4 Å². The van der Waals surface area contributed by atoms with Gasteiger partial charge in [0.1, 0.15) is 11.9 Å². The fraction of sp³-hybridized carbons (Fsp3) is 0.333. The van der Waals surface area contributed by atoms with Crippen molar-refractivity contribution in [1.82, 2.24) is 9.62 Å². The molecule has 0 saturated carbocycles. The van der Waals surface area contributed by atoms with E-state index in [9.17, 15) is 22.4 Å². The molecule has 0 aromatic heterocycles. The lowest BCUT2D eigenvalue weighted by Crippen LogP contribution is -2.58. The molecule has 1 aromatic carbocycles. The van der Waals surface area contributed by atoms with Crippen LogP contribution in [0.5, 0.6) is 0 Å². The molecule has 1 heterocycles. The largest absolute Gasteiger partial charge is 0.294 e. The monoisotopic (exact) mass is 300 g/mol. The Balaban J connectivity index is 2.45. The van der Waals surface area contributed by atoms with Gasteiger partial charge in [-0.2, -0.15) is 4.31 Å². The number of aryl methyl sites for hydroxylation is 1. The zero-order valence-electron chi connectivity index (χ0n) is 10.9. The van der Waals surface area contributed by atoms with Crippen LogP contribution in [0.1, 0.15) is 12.5 Å². The molecule has 0 spiro atoms. The predicted octanol–water partition coefficient (Wildman–Crippen LogP) is 0.170. The highest BCUT2D eigenvalue weighted by Crippen LogP contribution is 2.21. The average molecular weight is 300 g/mol. The van der Waals surface area contributed by atoms with E-state index in [1.165, 1.54) is 26.0 Å². The summed E-state index contributed by atoms with van der Waals surface area (Å²) in [5, 5.41) is 2.05. The molecule has 108 valence electrons. The number of carbonyl (C=O) groups is 2. The number of carbonyl (C=O) groups excluding carboxylic acids is 2. The molecule has 6 nitrogen and oxygen atoms in total. The lowest BCUT2D eigenvalue weighted by atomic mass is 10.2. The minimum Gasteiger partial charge on any atom is -0.294 e. The fourth-order valence-electron chi connectivity index (χ4n) is 1.85. The molecule has 1 fully saturated rings. The molecule has 2 amide bonds. The van der Waals surface area contributed by atoms with Gasteiger partial charge in [-0.25, -0.2) is 12.8 Å². The van der Waals surface area contributed by atoms with Crippen molar-refractivity contribution in [2.45, 2.75) is 24.8 Å². The maximum atomic E-state index is 13.5. The lowest BCUT2D eigenvalue weighted by Gasteiger charge is -2.30. The Kier molecular flexibility index (Phi) is 3.61. The zero-order chi connectivity index (χ0) is 15.1. The number of hydrogen-bond donors (Lipinski definition) is 1. The van der Waals surface area contributed by atoms with Crippen LogP contribution in [0, 0.1) is 12.7 Å². The maximum Gasteiger partial charge on any atom is 0.244 e. The van der Waals surface area contributed by atoms with E-state index < -0.39 is 40.2 Å². The summed E-state index contributed by atoms with van der Waals surface area (Å²) in [6, 6.07) is 2.44. The normalized spacial score (nSPS) is 20.9. The molecule has 20 heavy (non-hydrogen) atoms. The molecule has 0 bridgehead atoms. The molecule has 1 aromatic rings. The topological polar surface area (TPSA) is 83.6 Å². The van der Waals surface area contributed by atoms with E-state index in [1.54, 1.807) is 0 Å². The second kappa shape index (κ2) is 4.95. The number of hydrogen-bond acceptors (Lipinski definition) is 4. The number of nitrogens with one attached hydrogen (secondary N) is 1. The zero-order valence-corrected chi connectivity index (χ0v) is 11.7. The van der Waals surface area contributed by atoms with Crippen molar-refractivity contribution in [2.24, 2.45) is 0 Å². The van der Waals surface area contributed by atoms with Crippen LogP contribution in [-0.4, -0.2) is 37.1 Å². The highest BCUT2D eigenvalue weighted by atomic mass is 32.2. The van der Waals surface area contributed by atoms with E-state index >= 15 is 0 Å². The van der Waals surface area contributed by atoms with Gasteiger partial charge in [0.05, 0.1) is 11.4 Å². The Bertz CT molecular complexity index is 687. The van der Waals surface area contributed by atoms with Crippen LogP contribution in [-0.2, 0) is 19.6 Å². The number of rotatable bonds is 2. The molecule has 0 radical (unpaired) electrons. The molecule has 8 heteroatoms. The third kappa shape index (κ3) is 2.44. The van der Waals surface area contributed by atoms with Crippen LogP contribution in [0.3, 0.4) is 0 Å². The Morgan fingerprint density at radius 2 is 2.00 bits per heavy atom. The SMILES string of the molecule is Cc1ccc(S(=O)(=O)N2CC(=O)NC(=O)C2C)cc1F. The number of imide groups is 1. The molecular formula is C12H13FN2O4S. The minimum atomic E-state index is -4.10. The summed E-state index contributed by atoms with van der Waals surface area (Å²) in [5.41, 5.74) is 0.310. The van der Waals surface area contributed by atoms with Crippen LogP contribution in [0.25, 0.3) is 0 Å². The second-order valence-corrected chi connectivity index (χ2v) is 6.44. The number of halogens is 1. The Hall–Kier alpha value is -1.80. The van der Waals surface area contributed by atoms with Gasteiger partial charge in [0.2, 0.25) is 21.8 Å². The van der Waals surface area contributed by atoms with Crippen molar-refractivity contribution >= 4 is 21.8 Å².